The molecule has 0 spiro atoms. The van der Waals surface area contributed by atoms with Gasteiger partial charge in [0.2, 0.25) is 5.91 Å². The predicted molar refractivity (Wildman–Crippen MR) is 95.8 cm³/mol. The Bertz CT molecular complexity index is 491. The van der Waals surface area contributed by atoms with Crippen molar-refractivity contribution in [3.05, 3.63) is 12.2 Å². The number of alkyl halides is 3. The molecule has 8 nitrogen and oxygen atoms in total. The minimum absolute atomic E-state index is 0.00217. The number of aliphatic hydroxyl groups is 1. The fourth-order valence-electron chi connectivity index (χ4n) is 1.70. The van der Waals surface area contributed by atoms with Crippen molar-refractivity contribution < 1.29 is 33.0 Å². The Morgan fingerprint density at radius 2 is 1.78 bits per heavy atom. The lowest BCUT2D eigenvalue weighted by atomic mass is 10.0. The third kappa shape index (κ3) is 21.7. The Morgan fingerprint density at radius 1 is 1.22 bits per heavy atom. The van der Waals surface area contributed by atoms with Gasteiger partial charge in [0.05, 0.1) is 12.6 Å². The number of carboxylic acids is 1. The van der Waals surface area contributed by atoms with E-state index >= 15 is 0 Å². The number of hydrogen-bond acceptors (Lipinski definition) is 4. The maximum Gasteiger partial charge on any atom is 0.490 e. The molecule has 0 aliphatic carbocycles. The molecule has 11 heteroatoms. The number of nitrogens with two attached hydrogens (primary N) is 2. The second-order valence-electron chi connectivity index (χ2n) is 6.00. The van der Waals surface area contributed by atoms with Crippen molar-refractivity contribution >= 4 is 17.8 Å². The molecule has 0 aromatic carbocycles. The zero-order chi connectivity index (χ0) is 21.5. The van der Waals surface area contributed by atoms with Gasteiger partial charge in [0.15, 0.2) is 5.96 Å². The smallest absolute Gasteiger partial charge is 0.475 e. The monoisotopic (exact) mass is 398 g/mol. The summed E-state index contributed by atoms with van der Waals surface area (Å²) in [6.45, 7) is 4.98. The first-order valence-corrected chi connectivity index (χ1v) is 8.31. The molecule has 1 atom stereocenters. The number of amides is 1. The van der Waals surface area contributed by atoms with Crippen LogP contribution in [0.5, 0.6) is 0 Å². The van der Waals surface area contributed by atoms with Crippen LogP contribution in [-0.2, 0) is 9.59 Å². The van der Waals surface area contributed by atoms with Gasteiger partial charge in [0.1, 0.15) is 0 Å². The van der Waals surface area contributed by atoms with Crippen LogP contribution in [-0.4, -0.2) is 53.4 Å². The van der Waals surface area contributed by atoms with Gasteiger partial charge >= 0.3 is 12.1 Å². The molecule has 1 amide bonds. The molecule has 0 rings (SSSR count). The van der Waals surface area contributed by atoms with E-state index in [9.17, 15) is 23.1 Å². The van der Waals surface area contributed by atoms with Crippen LogP contribution in [0.3, 0.4) is 0 Å². The lowest BCUT2D eigenvalue weighted by Gasteiger charge is -2.11. The molecule has 0 aliphatic heterocycles. The molecule has 0 heterocycles. The summed E-state index contributed by atoms with van der Waals surface area (Å²) in [6, 6.07) is 0. The third-order valence-electron chi connectivity index (χ3n) is 2.87. The first-order valence-electron chi connectivity index (χ1n) is 8.31. The Kier molecular flexibility index (Phi) is 14.8. The standard InChI is InChI=1S/C14H28N4O2.C2HF3O2/c1-11(2)10-12(19)6-4-3-5-8-17-13(20)7-9-18-14(15)16;3-2(4,5)1(6)7/h3,5,11-12,19H,4,6-10H2,1-2H3,(H,17,20)(H4,15,16,18);(H,6,7)/b5-3-;/t12-;/m1./s1. The summed E-state index contributed by atoms with van der Waals surface area (Å²) in [5.41, 5.74) is 10.3. The molecule has 0 aliphatic rings. The molecule has 0 aromatic heterocycles. The number of nitrogens with zero attached hydrogens (tertiary/aromatic N) is 1. The van der Waals surface area contributed by atoms with Gasteiger partial charge in [-0.3, -0.25) is 9.79 Å². The third-order valence-corrected chi connectivity index (χ3v) is 2.87. The van der Waals surface area contributed by atoms with Crippen molar-refractivity contribution in [2.75, 3.05) is 13.1 Å². The molecule has 0 unspecified atom stereocenters. The molecular formula is C16H29F3N4O4. The highest BCUT2D eigenvalue weighted by molar-refractivity contribution is 5.78. The molecule has 0 saturated carbocycles. The lowest BCUT2D eigenvalue weighted by molar-refractivity contribution is -0.192. The summed E-state index contributed by atoms with van der Waals surface area (Å²) in [6.07, 6.45) is 1.22. The van der Waals surface area contributed by atoms with Gasteiger partial charge in [0.25, 0.3) is 0 Å². The highest BCUT2D eigenvalue weighted by atomic mass is 19.4. The Balaban J connectivity index is 0. The summed E-state index contributed by atoms with van der Waals surface area (Å²) >= 11 is 0. The highest BCUT2D eigenvalue weighted by Gasteiger charge is 2.38. The van der Waals surface area contributed by atoms with Crippen molar-refractivity contribution in [1.29, 1.82) is 0 Å². The van der Waals surface area contributed by atoms with Gasteiger partial charge < -0.3 is 27.0 Å². The Hall–Kier alpha value is -2.30. The van der Waals surface area contributed by atoms with Crippen LogP contribution >= 0.6 is 0 Å². The fraction of sp³-hybridized carbons (Fsp3) is 0.688. The summed E-state index contributed by atoms with van der Waals surface area (Å²) in [4.78, 5) is 24.0. The van der Waals surface area contributed by atoms with Crippen LogP contribution in [0.4, 0.5) is 13.2 Å². The quantitative estimate of drug-likeness (QED) is 0.211. The van der Waals surface area contributed by atoms with E-state index in [-0.39, 0.29) is 24.4 Å². The maximum atomic E-state index is 11.4. The molecule has 0 bridgehead atoms. The summed E-state index contributed by atoms with van der Waals surface area (Å²) in [5, 5.41) is 19.5. The van der Waals surface area contributed by atoms with Crippen LogP contribution < -0.4 is 16.8 Å². The van der Waals surface area contributed by atoms with Gasteiger partial charge in [-0.05, 0) is 25.2 Å². The average Bonchev–Trinajstić information content (AvgIpc) is 2.49. The number of aliphatic imine (C=N–C) groups is 1. The number of nitrogens with one attached hydrogen (secondary N) is 1. The van der Waals surface area contributed by atoms with E-state index in [4.69, 9.17) is 21.4 Å². The summed E-state index contributed by atoms with van der Waals surface area (Å²) < 4.78 is 31.7. The lowest BCUT2D eigenvalue weighted by Crippen LogP contribution is -2.26. The van der Waals surface area contributed by atoms with Crippen LogP contribution in [0, 0.1) is 5.92 Å². The van der Waals surface area contributed by atoms with E-state index in [0.29, 0.717) is 19.0 Å². The fourth-order valence-corrected chi connectivity index (χ4v) is 1.70. The largest absolute Gasteiger partial charge is 0.490 e. The first-order chi connectivity index (χ1) is 12.4. The van der Waals surface area contributed by atoms with E-state index < -0.39 is 12.1 Å². The summed E-state index contributed by atoms with van der Waals surface area (Å²) in [5.74, 6) is -2.33. The van der Waals surface area contributed by atoms with Crippen LogP contribution in [0.2, 0.25) is 0 Å². The zero-order valence-corrected chi connectivity index (χ0v) is 15.5. The van der Waals surface area contributed by atoms with Gasteiger partial charge in [-0.2, -0.15) is 13.2 Å². The Labute approximate surface area is 156 Å². The molecule has 7 N–H and O–H groups in total. The number of rotatable bonds is 10. The van der Waals surface area contributed by atoms with Gasteiger partial charge in [-0.1, -0.05) is 26.0 Å². The number of allylic oxidation sites excluding steroid dienone is 1. The van der Waals surface area contributed by atoms with Crippen molar-refractivity contribution in [3.63, 3.8) is 0 Å². The molecule has 27 heavy (non-hydrogen) atoms. The molecule has 0 saturated heterocycles. The topological polar surface area (TPSA) is 151 Å². The molecule has 158 valence electrons. The number of aliphatic hydroxyl groups excluding tert-OH is 1. The predicted octanol–water partition coefficient (Wildman–Crippen LogP) is 1.14. The van der Waals surface area contributed by atoms with Crippen molar-refractivity contribution in [3.8, 4) is 0 Å². The number of carboxylic acid groups (broad SMARTS) is 1. The van der Waals surface area contributed by atoms with E-state index in [2.05, 4.69) is 24.2 Å². The SMILES string of the molecule is CC(C)C[C@H](O)CC/C=C\CNC(=O)CCN=C(N)N.O=C(O)C(F)(F)F. The number of aliphatic carboxylic acids is 1. The van der Waals surface area contributed by atoms with Crippen molar-refractivity contribution in [2.24, 2.45) is 22.4 Å². The van der Waals surface area contributed by atoms with E-state index in [1.165, 1.54) is 0 Å². The molecular weight excluding hydrogens is 369 g/mol. The molecule has 0 aromatic rings. The molecule has 0 radical (unpaired) electrons. The number of hydrogen-bond donors (Lipinski definition) is 5. The van der Waals surface area contributed by atoms with Gasteiger partial charge in [-0.15, -0.1) is 0 Å². The summed E-state index contributed by atoms with van der Waals surface area (Å²) in [7, 11) is 0. The van der Waals surface area contributed by atoms with E-state index in [0.717, 1.165) is 19.3 Å². The van der Waals surface area contributed by atoms with Crippen molar-refractivity contribution in [1.82, 2.24) is 5.32 Å². The van der Waals surface area contributed by atoms with Gasteiger partial charge in [-0.25, -0.2) is 4.79 Å². The van der Waals surface area contributed by atoms with E-state index in [1.54, 1.807) is 0 Å². The van der Waals surface area contributed by atoms with Gasteiger partial charge in [0, 0.05) is 13.0 Å². The molecule has 0 fully saturated rings. The van der Waals surface area contributed by atoms with Crippen molar-refractivity contribution in [2.45, 2.75) is 51.8 Å². The number of carbonyl (C=O) groups excluding carboxylic acids is 1. The van der Waals surface area contributed by atoms with Crippen LogP contribution in [0.25, 0.3) is 0 Å². The van der Waals surface area contributed by atoms with Crippen LogP contribution in [0.1, 0.15) is 39.5 Å². The minimum atomic E-state index is -5.08. The second-order valence-corrected chi connectivity index (χ2v) is 6.00. The normalized spacial score (nSPS) is 12.3. The Morgan fingerprint density at radius 3 is 2.22 bits per heavy atom. The maximum absolute atomic E-state index is 11.4. The number of halogens is 3. The average molecular weight is 398 g/mol. The van der Waals surface area contributed by atoms with Crippen LogP contribution in [0.15, 0.2) is 17.1 Å². The number of carbonyl (C=O) groups is 2. The second kappa shape index (κ2) is 14.8. The highest BCUT2D eigenvalue weighted by Crippen LogP contribution is 2.13. The van der Waals surface area contributed by atoms with E-state index in [1.807, 2.05) is 12.2 Å². The minimum Gasteiger partial charge on any atom is -0.475 e. The zero-order valence-electron chi connectivity index (χ0n) is 15.5. The first kappa shape index (κ1) is 26.9. The number of guanidine groups is 1.